The Labute approximate surface area is 113 Å². The number of sulfone groups is 1. The van der Waals surface area contributed by atoms with Gasteiger partial charge in [-0.25, -0.2) is 8.42 Å². The van der Waals surface area contributed by atoms with Crippen molar-refractivity contribution in [3.8, 4) is 0 Å². The maximum Gasteiger partial charge on any atom is 0.254 e. The van der Waals surface area contributed by atoms with Gasteiger partial charge in [0, 0.05) is 30.6 Å². The zero-order valence-electron chi connectivity index (χ0n) is 11.1. The number of hydrogen-bond donors (Lipinski definition) is 1. The zero-order valence-corrected chi connectivity index (χ0v) is 11.9. The number of benzene rings is 1. The van der Waals surface area contributed by atoms with Crippen LogP contribution in [-0.2, 0) is 9.84 Å². The molecule has 1 aromatic rings. The summed E-state index contributed by atoms with van der Waals surface area (Å²) in [6.07, 6.45) is 2.70. The fourth-order valence-electron chi connectivity index (χ4n) is 1.65. The molecule has 1 amide bonds. The summed E-state index contributed by atoms with van der Waals surface area (Å²) >= 11 is 0. The third-order valence-electron chi connectivity index (χ3n) is 2.62. The maximum atomic E-state index is 12.2. The van der Waals surface area contributed by atoms with E-state index in [1.807, 2.05) is 6.92 Å². The van der Waals surface area contributed by atoms with Gasteiger partial charge in [0.15, 0.2) is 9.84 Å². The first kappa shape index (κ1) is 15.2. The molecule has 6 heteroatoms. The predicted octanol–water partition coefficient (Wildman–Crippen LogP) is 1.32. The molecule has 0 aromatic heterocycles. The largest absolute Gasteiger partial charge is 0.399 e. The molecule has 0 saturated heterocycles. The highest BCUT2D eigenvalue weighted by Gasteiger charge is 2.17. The van der Waals surface area contributed by atoms with Crippen molar-refractivity contribution in [2.75, 3.05) is 25.1 Å². The number of anilines is 1. The van der Waals surface area contributed by atoms with Gasteiger partial charge in [0.05, 0.1) is 4.90 Å². The van der Waals surface area contributed by atoms with Crippen molar-refractivity contribution in [2.24, 2.45) is 0 Å². The van der Waals surface area contributed by atoms with E-state index in [1.165, 1.54) is 18.2 Å². The molecule has 0 radical (unpaired) electrons. The Kier molecular flexibility index (Phi) is 4.72. The molecule has 0 heterocycles. The first-order chi connectivity index (χ1) is 8.79. The number of nitrogens with zero attached hydrogens (tertiary/aromatic N) is 1. The molecule has 0 fully saturated rings. The van der Waals surface area contributed by atoms with Gasteiger partial charge in [0.25, 0.3) is 5.91 Å². The number of carbonyl (C=O) groups excluding carboxylic acids is 1. The van der Waals surface area contributed by atoms with Gasteiger partial charge in [-0.2, -0.15) is 0 Å². The Morgan fingerprint density at radius 3 is 2.53 bits per heavy atom. The van der Waals surface area contributed by atoms with E-state index in [0.29, 0.717) is 13.1 Å². The molecule has 2 N–H and O–H groups in total. The lowest BCUT2D eigenvalue weighted by Gasteiger charge is -2.19. The van der Waals surface area contributed by atoms with Crippen LogP contribution in [0.3, 0.4) is 0 Å². The molecule has 0 aliphatic rings. The van der Waals surface area contributed by atoms with Crippen LogP contribution in [0.15, 0.2) is 35.7 Å². The second-order valence-electron chi connectivity index (χ2n) is 4.20. The van der Waals surface area contributed by atoms with Crippen molar-refractivity contribution >= 4 is 21.4 Å². The van der Waals surface area contributed by atoms with Crippen LogP contribution < -0.4 is 5.73 Å². The summed E-state index contributed by atoms with van der Waals surface area (Å²) in [7, 11) is -3.40. The quantitative estimate of drug-likeness (QED) is 0.652. The number of nitrogen functional groups attached to an aromatic ring is 1. The molecule has 1 aromatic carbocycles. The molecule has 0 spiro atoms. The standard InChI is InChI=1S/C13H18N2O3S/c1-4-6-15(5-2)13(16)10-7-11(14)9-12(8-10)19(3,17)18/h4,7-9H,1,5-6,14H2,2-3H3. The van der Waals surface area contributed by atoms with Gasteiger partial charge in [0.2, 0.25) is 0 Å². The van der Waals surface area contributed by atoms with Gasteiger partial charge in [0.1, 0.15) is 0 Å². The summed E-state index contributed by atoms with van der Waals surface area (Å²) in [5.74, 6) is -0.264. The van der Waals surface area contributed by atoms with E-state index in [9.17, 15) is 13.2 Å². The third kappa shape index (κ3) is 3.82. The number of likely N-dealkylation sites (N-methyl/N-ethyl adjacent to an activating group) is 1. The average Bonchev–Trinajstić information content (AvgIpc) is 2.33. The summed E-state index contributed by atoms with van der Waals surface area (Å²) in [5, 5.41) is 0. The topological polar surface area (TPSA) is 80.5 Å². The average molecular weight is 282 g/mol. The minimum atomic E-state index is -3.40. The summed E-state index contributed by atoms with van der Waals surface area (Å²) < 4.78 is 23.1. The SMILES string of the molecule is C=CCN(CC)C(=O)c1cc(N)cc(S(C)(=O)=O)c1. The van der Waals surface area contributed by atoms with E-state index in [2.05, 4.69) is 6.58 Å². The molecule has 0 aliphatic carbocycles. The van der Waals surface area contributed by atoms with Crippen LogP contribution in [-0.4, -0.2) is 38.6 Å². The van der Waals surface area contributed by atoms with Crippen LogP contribution in [0.1, 0.15) is 17.3 Å². The second kappa shape index (κ2) is 5.88. The van der Waals surface area contributed by atoms with Crippen molar-refractivity contribution in [3.63, 3.8) is 0 Å². The van der Waals surface area contributed by atoms with Crippen LogP contribution >= 0.6 is 0 Å². The van der Waals surface area contributed by atoms with E-state index in [4.69, 9.17) is 5.73 Å². The summed E-state index contributed by atoms with van der Waals surface area (Å²) in [4.78, 5) is 13.8. The van der Waals surface area contributed by atoms with E-state index >= 15 is 0 Å². The van der Waals surface area contributed by atoms with Crippen LogP contribution in [0, 0.1) is 0 Å². The summed E-state index contributed by atoms with van der Waals surface area (Å²) in [6, 6.07) is 4.17. The Balaban J connectivity index is 3.24. The molecule has 0 bridgehead atoms. The van der Waals surface area contributed by atoms with Gasteiger partial charge >= 0.3 is 0 Å². The molecule has 19 heavy (non-hydrogen) atoms. The van der Waals surface area contributed by atoms with E-state index in [0.717, 1.165) is 6.26 Å². The van der Waals surface area contributed by atoms with E-state index in [1.54, 1.807) is 11.0 Å². The molecular formula is C13H18N2O3S. The molecule has 104 valence electrons. The van der Waals surface area contributed by atoms with E-state index in [-0.39, 0.29) is 22.1 Å². The van der Waals surface area contributed by atoms with Crippen LogP contribution in [0.4, 0.5) is 5.69 Å². The molecule has 1 rings (SSSR count). The van der Waals surface area contributed by atoms with Crippen molar-refractivity contribution in [1.82, 2.24) is 4.90 Å². The Hall–Kier alpha value is -1.82. The number of carbonyl (C=O) groups is 1. The second-order valence-corrected chi connectivity index (χ2v) is 6.21. The lowest BCUT2D eigenvalue weighted by molar-refractivity contribution is 0.0782. The van der Waals surface area contributed by atoms with Gasteiger partial charge in [-0.15, -0.1) is 6.58 Å². The Bertz CT molecular complexity index is 594. The maximum absolute atomic E-state index is 12.2. The fourth-order valence-corrected chi connectivity index (χ4v) is 2.34. The molecule has 0 saturated carbocycles. The molecular weight excluding hydrogens is 264 g/mol. The highest BCUT2D eigenvalue weighted by atomic mass is 32.2. The predicted molar refractivity (Wildman–Crippen MR) is 75.7 cm³/mol. The van der Waals surface area contributed by atoms with Crippen LogP contribution in [0.5, 0.6) is 0 Å². The van der Waals surface area contributed by atoms with Gasteiger partial charge in [-0.1, -0.05) is 6.08 Å². The smallest absolute Gasteiger partial charge is 0.254 e. The summed E-state index contributed by atoms with van der Waals surface area (Å²) in [5.41, 5.74) is 6.17. The molecule has 0 unspecified atom stereocenters. The number of rotatable bonds is 5. The molecule has 5 nitrogen and oxygen atoms in total. The van der Waals surface area contributed by atoms with E-state index < -0.39 is 9.84 Å². The fraction of sp³-hybridized carbons (Fsp3) is 0.308. The number of amides is 1. The monoisotopic (exact) mass is 282 g/mol. The van der Waals surface area contributed by atoms with Gasteiger partial charge in [-0.05, 0) is 25.1 Å². The molecule has 0 aliphatic heterocycles. The van der Waals surface area contributed by atoms with Crippen molar-refractivity contribution in [2.45, 2.75) is 11.8 Å². The number of nitrogens with two attached hydrogens (primary N) is 1. The van der Waals surface area contributed by atoms with Crippen molar-refractivity contribution in [1.29, 1.82) is 0 Å². The highest BCUT2D eigenvalue weighted by molar-refractivity contribution is 7.90. The van der Waals surface area contributed by atoms with Crippen LogP contribution in [0.25, 0.3) is 0 Å². The Morgan fingerprint density at radius 1 is 1.42 bits per heavy atom. The van der Waals surface area contributed by atoms with Gasteiger partial charge in [-0.3, -0.25) is 4.79 Å². The highest BCUT2D eigenvalue weighted by Crippen LogP contribution is 2.18. The van der Waals surface area contributed by atoms with Crippen molar-refractivity contribution < 1.29 is 13.2 Å². The van der Waals surface area contributed by atoms with Gasteiger partial charge < -0.3 is 10.6 Å². The minimum Gasteiger partial charge on any atom is -0.399 e. The normalized spacial score (nSPS) is 11.1. The Morgan fingerprint density at radius 2 is 2.05 bits per heavy atom. The van der Waals surface area contributed by atoms with Crippen molar-refractivity contribution in [3.05, 3.63) is 36.4 Å². The first-order valence-corrected chi connectivity index (χ1v) is 7.69. The minimum absolute atomic E-state index is 0.0468. The number of hydrogen-bond acceptors (Lipinski definition) is 4. The third-order valence-corrected chi connectivity index (χ3v) is 3.71. The lowest BCUT2D eigenvalue weighted by Crippen LogP contribution is -2.31. The lowest BCUT2D eigenvalue weighted by atomic mass is 10.1. The molecule has 0 atom stereocenters. The van der Waals surface area contributed by atoms with Crippen LogP contribution in [0.2, 0.25) is 0 Å². The zero-order chi connectivity index (χ0) is 14.6. The summed E-state index contributed by atoms with van der Waals surface area (Å²) in [6.45, 7) is 6.33. The first-order valence-electron chi connectivity index (χ1n) is 5.80.